The number of rotatable bonds is 4. The van der Waals surface area contributed by atoms with Crippen LogP contribution in [0, 0.1) is 17.7 Å². The highest BCUT2D eigenvalue weighted by atomic mass is 19.1. The van der Waals surface area contributed by atoms with Gasteiger partial charge in [-0.3, -0.25) is 0 Å². The Morgan fingerprint density at radius 3 is 2.33 bits per heavy atom. The van der Waals surface area contributed by atoms with Gasteiger partial charge in [-0.05, 0) is 84.5 Å². The highest BCUT2D eigenvalue weighted by molar-refractivity contribution is 5.88. The molecule has 0 spiro atoms. The molecule has 0 heterocycles. The van der Waals surface area contributed by atoms with Gasteiger partial charge >= 0.3 is 5.97 Å². The van der Waals surface area contributed by atoms with E-state index in [2.05, 4.69) is 17.2 Å². The maximum atomic E-state index is 13.0. The van der Waals surface area contributed by atoms with Crippen molar-refractivity contribution in [3.8, 4) is 11.8 Å². The molecule has 0 bridgehead atoms. The molecule has 3 nitrogen and oxygen atoms in total. The average Bonchev–Trinajstić information content (AvgIpc) is 2.77. The van der Waals surface area contributed by atoms with Gasteiger partial charge in [0.15, 0.2) is 0 Å². The first-order chi connectivity index (χ1) is 14.6. The van der Waals surface area contributed by atoms with Crippen LogP contribution in [-0.4, -0.2) is 11.1 Å². The molecule has 150 valence electrons. The third kappa shape index (κ3) is 4.76. The number of carboxylic acid groups (broad SMARTS) is 1. The fourth-order valence-electron chi connectivity index (χ4n) is 3.77. The first kappa shape index (κ1) is 19.9. The lowest BCUT2D eigenvalue weighted by Crippen LogP contribution is -2.25. The second-order valence-corrected chi connectivity index (χ2v) is 7.50. The molecule has 0 amide bonds. The Labute approximate surface area is 175 Å². The van der Waals surface area contributed by atoms with Gasteiger partial charge in [-0.1, -0.05) is 30.0 Å². The number of hydrogen-bond donors (Lipinski definition) is 2. The van der Waals surface area contributed by atoms with Crippen LogP contribution < -0.4 is 5.32 Å². The van der Waals surface area contributed by atoms with Crippen molar-refractivity contribution < 1.29 is 14.3 Å². The Kier molecular flexibility index (Phi) is 5.92. The van der Waals surface area contributed by atoms with E-state index in [1.807, 2.05) is 36.4 Å². The molecule has 0 saturated carbocycles. The molecule has 1 atom stereocenters. The highest BCUT2D eigenvalue weighted by Crippen LogP contribution is 2.30. The number of fused-ring (bicyclic) bond motifs is 1. The van der Waals surface area contributed by atoms with Gasteiger partial charge in [0.25, 0.3) is 0 Å². The lowest BCUT2D eigenvalue weighted by Gasteiger charge is -2.27. The van der Waals surface area contributed by atoms with E-state index in [0.717, 1.165) is 41.5 Å². The molecule has 3 aromatic rings. The zero-order chi connectivity index (χ0) is 20.9. The van der Waals surface area contributed by atoms with Crippen LogP contribution in [0.4, 0.5) is 4.39 Å². The van der Waals surface area contributed by atoms with Crippen LogP contribution in [0.1, 0.15) is 57.1 Å². The van der Waals surface area contributed by atoms with Crippen LogP contribution >= 0.6 is 0 Å². The maximum Gasteiger partial charge on any atom is 0.335 e. The first-order valence-electron chi connectivity index (χ1n) is 10.0. The van der Waals surface area contributed by atoms with Crippen molar-refractivity contribution in [1.29, 1.82) is 0 Å². The summed E-state index contributed by atoms with van der Waals surface area (Å²) in [6, 6.07) is 19.8. The molecule has 3 aromatic carbocycles. The zero-order valence-corrected chi connectivity index (χ0v) is 16.5. The van der Waals surface area contributed by atoms with E-state index >= 15 is 0 Å². The van der Waals surface area contributed by atoms with Crippen LogP contribution in [0.3, 0.4) is 0 Å². The smallest absolute Gasteiger partial charge is 0.335 e. The van der Waals surface area contributed by atoms with Gasteiger partial charge in [0.05, 0.1) is 5.56 Å². The number of nitrogens with one attached hydrogen (secondary N) is 1. The molecule has 1 unspecified atom stereocenters. The Hall–Kier alpha value is -3.42. The van der Waals surface area contributed by atoms with Gasteiger partial charge in [0.1, 0.15) is 5.82 Å². The SMILES string of the molecule is O=C(O)c1ccc2c(c1)C(NCc1ccc(C#Cc3ccc(F)cc3)cc1)CCC2. The molecular weight excluding hydrogens is 377 g/mol. The molecule has 0 aromatic heterocycles. The van der Waals surface area contributed by atoms with E-state index in [1.54, 1.807) is 18.2 Å². The molecule has 0 radical (unpaired) electrons. The second kappa shape index (κ2) is 8.94. The molecule has 4 rings (SSSR count). The van der Waals surface area contributed by atoms with Gasteiger partial charge in [-0.15, -0.1) is 0 Å². The van der Waals surface area contributed by atoms with E-state index in [4.69, 9.17) is 0 Å². The molecule has 1 aliphatic carbocycles. The van der Waals surface area contributed by atoms with Crippen molar-refractivity contribution in [2.24, 2.45) is 0 Å². The zero-order valence-electron chi connectivity index (χ0n) is 16.5. The van der Waals surface area contributed by atoms with Crippen molar-refractivity contribution in [3.05, 3.63) is 106 Å². The van der Waals surface area contributed by atoms with Crippen LogP contribution in [0.15, 0.2) is 66.7 Å². The number of aromatic carboxylic acids is 1. The molecule has 0 saturated heterocycles. The number of aryl methyl sites for hydroxylation is 1. The average molecular weight is 399 g/mol. The van der Waals surface area contributed by atoms with E-state index in [-0.39, 0.29) is 11.9 Å². The summed E-state index contributed by atoms with van der Waals surface area (Å²) in [5.41, 5.74) is 5.49. The van der Waals surface area contributed by atoms with Crippen molar-refractivity contribution in [1.82, 2.24) is 5.32 Å². The summed E-state index contributed by atoms with van der Waals surface area (Å²) in [4.78, 5) is 11.3. The fourth-order valence-corrected chi connectivity index (χ4v) is 3.77. The summed E-state index contributed by atoms with van der Waals surface area (Å²) in [7, 11) is 0. The fraction of sp³-hybridized carbons (Fsp3) is 0.192. The largest absolute Gasteiger partial charge is 0.478 e. The Morgan fingerprint density at radius 2 is 1.67 bits per heavy atom. The Balaban J connectivity index is 1.41. The van der Waals surface area contributed by atoms with E-state index in [9.17, 15) is 14.3 Å². The normalized spacial score (nSPS) is 15.0. The third-order valence-electron chi connectivity index (χ3n) is 5.41. The second-order valence-electron chi connectivity index (χ2n) is 7.50. The standard InChI is InChI=1S/C26H22FNO2/c27-23-14-10-19(11-15-23)5-4-18-6-8-20(9-7-18)17-28-25-3-1-2-21-12-13-22(26(29)30)16-24(21)25/h6-16,25,28H,1-3,17H2,(H,29,30). The van der Waals surface area contributed by atoms with Gasteiger partial charge in [-0.25, -0.2) is 9.18 Å². The molecule has 0 fully saturated rings. The topological polar surface area (TPSA) is 49.3 Å². The Bertz CT molecular complexity index is 1110. The summed E-state index contributed by atoms with van der Waals surface area (Å²) in [5.74, 6) is 4.98. The summed E-state index contributed by atoms with van der Waals surface area (Å²) in [6.45, 7) is 0.701. The van der Waals surface area contributed by atoms with Crippen LogP contribution in [-0.2, 0) is 13.0 Å². The Morgan fingerprint density at radius 1 is 1.00 bits per heavy atom. The number of carboxylic acids is 1. The number of halogens is 1. The number of benzene rings is 3. The summed E-state index contributed by atoms with van der Waals surface area (Å²) < 4.78 is 13.0. The molecule has 30 heavy (non-hydrogen) atoms. The molecule has 0 aliphatic heterocycles. The van der Waals surface area contributed by atoms with Gasteiger partial charge in [-0.2, -0.15) is 0 Å². The predicted octanol–water partition coefficient (Wildman–Crippen LogP) is 5.09. The van der Waals surface area contributed by atoms with Gasteiger partial charge in [0.2, 0.25) is 0 Å². The van der Waals surface area contributed by atoms with Crippen molar-refractivity contribution in [2.75, 3.05) is 0 Å². The quantitative estimate of drug-likeness (QED) is 0.601. The lowest BCUT2D eigenvalue weighted by atomic mass is 9.86. The van der Waals surface area contributed by atoms with Crippen molar-refractivity contribution in [3.63, 3.8) is 0 Å². The lowest BCUT2D eigenvalue weighted by molar-refractivity contribution is 0.0696. The van der Waals surface area contributed by atoms with Crippen molar-refractivity contribution in [2.45, 2.75) is 31.8 Å². The number of hydrogen-bond acceptors (Lipinski definition) is 2. The summed E-state index contributed by atoms with van der Waals surface area (Å²) in [5, 5.41) is 12.9. The molecular formula is C26H22FNO2. The molecule has 4 heteroatoms. The highest BCUT2D eigenvalue weighted by Gasteiger charge is 2.21. The predicted molar refractivity (Wildman–Crippen MR) is 115 cm³/mol. The number of carbonyl (C=O) groups is 1. The van der Waals surface area contributed by atoms with E-state index in [1.165, 1.54) is 17.7 Å². The molecule has 1 aliphatic rings. The minimum Gasteiger partial charge on any atom is -0.478 e. The minimum absolute atomic E-state index is 0.158. The molecule has 2 N–H and O–H groups in total. The monoisotopic (exact) mass is 399 g/mol. The van der Waals surface area contributed by atoms with Gasteiger partial charge < -0.3 is 10.4 Å². The third-order valence-corrected chi connectivity index (χ3v) is 5.41. The minimum atomic E-state index is -0.889. The summed E-state index contributed by atoms with van der Waals surface area (Å²) >= 11 is 0. The maximum absolute atomic E-state index is 13.0. The van der Waals surface area contributed by atoms with Crippen LogP contribution in [0.5, 0.6) is 0 Å². The van der Waals surface area contributed by atoms with Crippen LogP contribution in [0.2, 0.25) is 0 Å². The van der Waals surface area contributed by atoms with E-state index < -0.39 is 5.97 Å². The van der Waals surface area contributed by atoms with Crippen molar-refractivity contribution >= 4 is 5.97 Å². The van der Waals surface area contributed by atoms with E-state index in [0.29, 0.717) is 12.1 Å². The van der Waals surface area contributed by atoms with Gasteiger partial charge in [0, 0.05) is 23.7 Å². The summed E-state index contributed by atoms with van der Waals surface area (Å²) in [6.07, 6.45) is 3.08. The van der Waals surface area contributed by atoms with Crippen LogP contribution in [0.25, 0.3) is 0 Å². The first-order valence-corrected chi connectivity index (χ1v) is 10.0.